The lowest BCUT2D eigenvalue weighted by molar-refractivity contribution is -0.145. The second-order valence-electron chi connectivity index (χ2n) is 5.83. The molecule has 132 valence electrons. The van der Waals surface area contributed by atoms with Crippen molar-refractivity contribution in [1.82, 2.24) is 4.57 Å². The van der Waals surface area contributed by atoms with E-state index in [1.165, 1.54) is 7.11 Å². The number of furan rings is 1. The number of aryl methyl sites for hydroxylation is 1. The molecule has 0 fully saturated rings. The molecule has 0 bridgehead atoms. The number of esters is 1. The largest absolute Gasteiger partial charge is 0.467 e. The standard InChI is InChI=1S/C19H22N2O4/c1-13-8-16(15(3)21(13)11-18-6-5-7-24-18)9-17(10-20)19(22)25-14(2)12-23-4/h5-9,14H,11-12H2,1-4H3/b17-9+/t14-/m0/s1. The van der Waals surface area contributed by atoms with Crippen LogP contribution in [0.3, 0.4) is 0 Å². The number of methoxy groups -OCH3 is 1. The molecule has 2 heterocycles. The minimum absolute atomic E-state index is 0.0406. The molecule has 0 saturated heterocycles. The van der Waals surface area contributed by atoms with Gasteiger partial charge in [0.15, 0.2) is 0 Å². The first kappa shape index (κ1) is 18.6. The number of aromatic nitrogens is 1. The number of rotatable bonds is 7. The summed E-state index contributed by atoms with van der Waals surface area (Å²) in [4.78, 5) is 12.1. The van der Waals surface area contributed by atoms with E-state index in [0.717, 1.165) is 22.7 Å². The number of carbonyl (C=O) groups excluding carboxylic acids is 1. The molecular formula is C19H22N2O4. The fourth-order valence-electron chi connectivity index (χ4n) is 2.58. The van der Waals surface area contributed by atoms with Crippen LogP contribution in [0.15, 0.2) is 34.5 Å². The zero-order valence-corrected chi connectivity index (χ0v) is 14.9. The van der Waals surface area contributed by atoms with Gasteiger partial charge in [0.1, 0.15) is 23.5 Å². The molecule has 0 unspecified atom stereocenters. The summed E-state index contributed by atoms with van der Waals surface area (Å²) in [5.74, 6) is 0.188. The molecule has 1 atom stereocenters. The van der Waals surface area contributed by atoms with Crippen LogP contribution in [-0.2, 0) is 20.8 Å². The maximum Gasteiger partial charge on any atom is 0.349 e. The molecule has 0 N–H and O–H groups in total. The van der Waals surface area contributed by atoms with Crippen molar-refractivity contribution in [2.24, 2.45) is 0 Å². The molecule has 0 radical (unpaired) electrons. The van der Waals surface area contributed by atoms with Gasteiger partial charge in [-0.3, -0.25) is 0 Å². The van der Waals surface area contributed by atoms with Gasteiger partial charge in [0.2, 0.25) is 0 Å². The van der Waals surface area contributed by atoms with Crippen LogP contribution < -0.4 is 0 Å². The Morgan fingerprint density at radius 2 is 2.24 bits per heavy atom. The molecule has 0 aliphatic rings. The quantitative estimate of drug-likeness (QED) is 0.438. The maximum absolute atomic E-state index is 12.1. The highest BCUT2D eigenvalue weighted by molar-refractivity contribution is 5.98. The van der Waals surface area contributed by atoms with Gasteiger partial charge in [-0.1, -0.05) is 0 Å². The summed E-state index contributed by atoms with van der Waals surface area (Å²) < 4.78 is 17.6. The average Bonchev–Trinajstić information content (AvgIpc) is 3.16. The van der Waals surface area contributed by atoms with Crippen LogP contribution in [0.25, 0.3) is 6.08 Å². The van der Waals surface area contributed by atoms with Crippen molar-refractivity contribution < 1.29 is 18.7 Å². The van der Waals surface area contributed by atoms with Gasteiger partial charge in [0, 0.05) is 18.5 Å². The summed E-state index contributed by atoms with van der Waals surface area (Å²) in [6.07, 6.45) is 2.78. The van der Waals surface area contributed by atoms with Crippen LogP contribution in [0.1, 0.15) is 29.6 Å². The summed E-state index contributed by atoms with van der Waals surface area (Å²) in [5, 5.41) is 9.30. The van der Waals surface area contributed by atoms with Gasteiger partial charge in [-0.05, 0) is 50.6 Å². The number of nitriles is 1. The molecule has 2 aromatic rings. The highest BCUT2D eigenvalue weighted by atomic mass is 16.6. The van der Waals surface area contributed by atoms with Gasteiger partial charge in [-0.2, -0.15) is 5.26 Å². The van der Waals surface area contributed by atoms with Crippen molar-refractivity contribution in [2.45, 2.75) is 33.4 Å². The molecule has 2 rings (SSSR count). The van der Waals surface area contributed by atoms with Gasteiger partial charge < -0.3 is 18.5 Å². The third kappa shape index (κ3) is 4.61. The van der Waals surface area contributed by atoms with Crippen molar-refractivity contribution in [2.75, 3.05) is 13.7 Å². The second kappa shape index (κ2) is 8.36. The van der Waals surface area contributed by atoms with E-state index in [1.54, 1.807) is 19.3 Å². The molecule has 0 aliphatic heterocycles. The number of carbonyl (C=O) groups is 1. The fourth-order valence-corrected chi connectivity index (χ4v) is 2.58. The highest BCUT2D eigenvalue weighted by Crippen LogP contribution is 2.20. The molecule has 2 aromatic heterocycles. The third-order valence-electron chi connectivity index (χ3n) is 3.86. The van der Waals surface area contributed by atoms with Crippen LogP contribution in [-0.4, -0.2) is 30.4 Å². The predicted molar refractivity (Wildman–Crippen MR) is 92.7 cm³/mol. The highest BCUT2D eigenvalue weighted by Gasteiger charge is 2.17. The summed E-state index contributed by atoms with van der Waals surface area (Å²) in [6.45, 7) is 6.50. The van der Waals surface area contributed by atoms with Crippen molar-refractivity contribution in [3.63, 3.8) is 0 Å². The van der Waals surface area contributed by atoms with Gasteiger partial charge in [-0.15, -0.1) is 0 Å². The van der Waals surface area contributed by atoms with E-state index in [0.29, 0.717) is 6.54 Å². The Hall–Kier alpha value is -2.78. The minimum atomic E-state index is -0.650. The molecule has 6 nitrogen and oxygen atoms in total. The van der Waals surface area contributed by atoms with E-state index < -0.39 is 12.1 Å². The van der Waals surface area contributed by atoms with Crippen molar-refractivity contribution >= 4 is 12.0 Å². The number of nitrogens with zero attached hydrogens (tertiary/aromatic N) is 2. The van der Waals surface area contributed by atoms with Crippen LogP contribution in [0.2, 0.25) is 0 Å². The van der Waals surface area contributed by atoms with Crippen LogP contribution >= 0.6 is 0 Å². The number of ether oxygens (including phenoxy) is 2. The monoisotopic (exact) mass is 342 g/mol. The van der Waals surface area contributed by atoms with E-state index in [9.17, 15) is 10.1 Å². The van der Waals surface area contributed by atoms with E-state index in [4.69, 9.17) is 13.9 Å². The van der Waals surface area contributed by atoms with Crippen LogP contribution in [0.5, 0.6) is 0 Å². The van der Waals surface area contributed by atoms with Crippen molar-refractivity contribution in [3.8, 4) is 6.07 Å². The topological polar surface area (TPSA) is 77.4 Å². The molecular weight excluding hydrogens is 320 g/mol. The van der Waals surface area contributed by atoms with E-state index >= 15 is 0 Å². The lowest BCUT2D eigenvalue weighted by atomic mass is 10.1. The summed E-state index contributed by atoms with van der Waals surface area (Å²) in [5.41, 5.74) is 2.72. The van der Waals surface area contributed by atoms with E-state index in [-0.39, 0.29) is 12.2 Å². The first-order chi connectivity index (χ1) is 12.0. The second-order valence-corrected chi connectivity index (χ2v) is 5.83. The normalized spacial score (nSPS) is 12.7. The Morgan fingerprint density at radius 1 is 1.48 bits per heavy atom. The van der Waals surface area contributed by atoms with Gasteiger partial charge in [0.25, 0.3) is 0 Å². The lowest BCUT2D eigenvalue weighted by Crippen LogP contribution is -2.20. The predicted octanol–water partition coefficient (Wildman–Crippen LogP) is 3.23. The smallest absolute Gasteiger partial charge is 0.349 e. The van der Waals surface area contributed by atoms with Crippen LogP contribution in [0, 0.1) is 25.2 Å². The third-order valence-corrected chi connectivity index (χ3v) is 3.86. The number of hydrogen-bond donors (Lipinski definition) is 0. The zero-order valence-electron chi connectivity index (χ0n) is 14.9. The van der Waals surface area contributed by atoms with E-state index in [1.807, 2.05) is 38.1 Å². The molecule has 0 aliphatic carbocycles. The Balaban J connectivity index is 2.23. The summed E-state index contributed by atoms with van der Waals surface area (Å²) in [7, 11) is 1.53. The fraction of sp³-hybridized carbons (Fsp3) is 0.368. The van der Waals surface area contributed by atoms with Gasteiger partial charge in [-0.25, -0.2) is 4.79 Å². The molecule has 0 amide bonds. The average molecular weight is 342 g/mol. The maximum atomic E-state index is 12.1. The SMILES string of the molecule is COC[C@H](C)OC(=O)/C(C#N)=C/c1cc(C)n(Cc2ccco2)c1C. The first-order valence-electron chi connectivity index (χ1n) is 7.97. The van der Waals surface area contributed by atoms with Gasteiger partial charge in [0.05, 0.1) is 19.4 Å². The van der Waals surface area contributed by atoms with Crippen molar-refractivity contribution in [1.29, 1.82) is 5.26 Å². The molecule has 0 aromatic carbocycles. The first-order valence-corrected chi connectivity index (χ1v) is 7.97. The van der Waals surface area contributed by atoms with Gasteiger partial charge >= 0.3 is 5.97 Å². The van der Waals surface area contributed by atoms with Crippen LogP contribution in [0.4, 0.5) is 0 Å². The zero-order chi connectivity index (χ0) is 18.4. The Labute approximate surface area is 147 Å². The minimum Gasteiger partial charge on any atom is -0.467 e. The lowest BCUT2D eigenvalue weighted by Gasteiger charge is -2.11. The number of hydrogen-bond acceptors (Lipinski definition) is 5. The molecule has 6 heteroatoms. The summed E-state index contributed by atoms with van der Waals surface area (Å²) in [6, 6.07) is 7.60. The molecule has 25 heavy (non-hydrogen) atoms. The Bertz CT molecular complexity index is 794. The van der Waals surface area contributed by atoms with Crippen molar-refractivity contribution in [3.05, 3.63) is 52.7 Å². The summed E-state index contributed by atoms with van der Waals surface area (Å²) >= 11 is 0. The molecule has 0 spiro atoms. The molecule has 0 saturated carbocycles. The Kier molecular flexibility index (Phi) is 6.20. The van der Waals surface area contributed by atoms with E-state index in [2.05, 4.69) is 4.57 Å². The Morgan fingerprint density at radius 3 is 2.84 bits per heavy atom.